The van der Waals surface area contributed by atoms with E-state index in [1.54, 1.807) is 6.07 Å². The number of ether oxygens (including phenoxy) is 1. The molecule has 0 N–H and O–H groups in total. The van der Waals surface area contributed by atoms with Gasteiger partial charge in [-0.05, 0) is 29.2 Å². The van der Waals surface area contributed by atoms with Crippen molar-refractivity contribution in [3.63, 3.8) is 0 Å². The number of benzene rings is 2. The number of rotatable bonds is 5. The lowest BCUT2D eigenvalue weighted by Gasteiger charge is -2.12. The average Bonchev–Trinajstić information content (AvgIpc) is 2.46. The van der Waals surface area contributed by atoms with Gasteiger partial charge >= 0.3 is 0 Å². The summed E-state index contributed by atoms with van der Waals surface area (Å²) in [6, 6.07) is 11.3. The van der Waals surface area contributed by atoms with Gasteiger partial charge in [-0.15, -0.1) is 0 Å². The predicted molar refractivity (Wildman–Crippen MR) is 86.7 cm³/mol. The summed E-state index contributed by atoms with van der Waals surface area (Å²) in [5.41, 5.74) is 2.64. The first-order valence-electron chi connectivity index (χ1n) is 6.67. The van der Waals surface area contributed by atoms with E-state index in [-0.39, 0.29) is 0 Å². The van der Waals surface area contributed by atoms with Crippen LogP contribution in [0.3, 0.4) is 0 Å². The average molecular weight is 323 g/mol. The standard InChI is InChI=1S/C17H16Cl2O2/c1-11(2)13-5-3-12(4-6-13)10-21-17-14(9-20)7-15(18)8-16(17)19/h3-9,11H,10H2,1-2H3. The normalized spacial score (nSPS) is 10.7. The molecule has 110 valence electrons. The Morgan fingerprint density at radius 3 is 2.38 bits per heavy atom. The molecule has 2 aromatic rings. The van der Waals surface area contributed by atoms with E-state index < -0.39 is 0 Å². The van der Waals surface area contributed by atoms with Crippen LogP contribution in [0.2, 0.25) is 10.0 Å². The van der Waals surface area contributed by atoms with Gasteiger partial charge in [-0.25, -0.2) is 0 Å². The number of carbonyl (C=O) groups excluding carboxylic acids is 1. The third-order valence-electron chi connectivity index (χ3n) is 3.19. The number of hydrogen-bond acceptors (Lipinski definition) is 2. The molecule has 0 saturated carbocycles. The molecule has 2 aromatic carbocycles. The topological polar surface area (TPSA) is 26.3 Å². The summed E-state index contributed by atoms with van der Waals surface area (Å²) in [5, 5.41) is 0.749. The smallest absolute Gasteiger partial charge is 0.153 e. The van der Waals surface area contributed by atoms with Crippen molar-refractivity contribution >= 4 is 29.5 Å². The minimum absolute atomic E-state index is 0.336. The predicted octanol–water partition coefficient (Wildman–Crippen LogP) is 5.51. The molecule has 0 radical (unpaired) electrons. The quantitative estimate of drug-likeness (QED) is 0.678. The Balaban J connectivity index is 2.14. The third kappa shape index (κ3) is 3.99. The lowest BCUT2D eigenvalue weighted by molar-refractivity contribution is 0.111. The van der Waals surface area contributed by atoms with E-state index in [0.29, 0.717) is 40.2 Å². The maximum atomic E-state index is 11.1. The summed E-state index contributed by atoms with van der Waals surface area (Å²) in [6.45, 7) is 4.64. The van der Waals surface area contributed by atoms with Gasteiger partial charge in [0.25, 0.3) is 0 Å². The van der Waals surface area contributed by atoms with Crippen molar-refractivity contribution in [1.29, 1.82) is 0 Å². The maximum absolute atomic E-state index is 11.1. The SMILES string of the molecule is CC(C)c1ccc(COc2c(Cl)cc(Cl)cc2C=O)cc1. The molecule has 0 spiro atoms. The fraction of sp³-hybridized carbons (Fsp3) is 0.235. The van der Waals surface area contributed by atoms with Gasteiger partial charge in [0.15, 0.2) is 6.29 Å². The Morgan fingerprint density at radius 2 is 1.81 bits per heavy atom. The van der Waals surface area contributed by atoms with E-state index in [4.69, 9.17) is 27.9 Å². The molecule has 0 aliphatic carbocycles. The summed E-state index contributed by atoms with van der Waals surface area (Å²) < 4.78 is 5.68. The van der Waals surface area contributed by atoms with Crippen LogP contribution < -0.4 is 4.74 Å². The van der Waals surface area contributed by atoms with Crippen molar-refractivity contribution in [2.24, 2.45) is 0 Å². The second-order valence-corrected chi connectivity index (χ2v) is 5.95. The van der Waals surface area contributed by atoms with Crippen LogP contribution in [-0.4, -0.2) is 6.29 Å². The minimum atomic E-state index is 0.336. The number of hydrogen-bond donors (Lipinski definition) is 0. The van der Waals surface area contributed by atoms with Crippen LogP contribution in [0.25, 0.3) is 0 Å². The largest absolute Gasteiger partial charge is 0.487 e. The van der Waals surface area contributed by atoms with Crippen molar-refractivity contribution in [2.45, 2.75) is 26.4 Å². The van der Waals surface area contributed by atoms with Gasteiger partial charge in [-0.1, -0.05) is 61.3 Å². The summed E-state index contributed by atoms with van der Waals surface area (Å²) in [4.78, 5) is 11.1. The molecule has 0 amide bonds. The molecule has 0 atom stereocenters. The van der Waals surface area contributed by atoms with Crippen LogP contribution >= 0.6 is 23.2 Å². The molecular formula is C17H16Cl2O2. The highest BCUT2D eigenvalue weighted by Gasteiger charge is 2.10. The molecule has 0 fully saturated rings. The van der Waals surface area contributed by atoms with Gasteiger partial charge in [0.05, 0.1) is 10.6 Å². The molecule has 0 aliphatic heterocycles. The summed E-state index contributed by atoms with van der Waals surface area (Å²) >= 11 is 11.9. The molecule has 0 unspecified atom stereocenters. The molecule has 2 nitrogen and oxygen atoms in total. The van der Waals surface area contributed by atoms with Crippen LogP contribution in [0.15, 0.2) is 36.4 Å². The van der Waals surface area contributed by atoms with Gasteiger partial charge in [0.1, 0.15) is 12.4 Å². The molecular weight excluding hydrogens is 307 g/mol. The fourth-order valence-corrected chi connectivity index (χ4v) is 2.54. The van der Waals surface area contributed by atoms with Crippen molar-refractivity contribution in [2.75, 3.05) is 0 Å². The number of halogens is 2. The second kappa shape index (κ2) is 6.97. The lowest BCUT2D eigenvalue weighted by atomic mass is 10.0. The zero-order valence-electron chi connectivity index (χ0n) is 11.9. The van der Waals surface area contributed by atoms with Crippen LogP contribution in [0.1, 0.15) is 41.3 Å². The first-order valence-corrected chi connectivity index (χ1v) is 7.42. The monoisotopic (exact) mass is 322 g/mol. The van der Waals surface area contributed by atoms with Crippen molar-refractivity contribution in [3.05, 3.63) is 63.1 Å². The summed E-state index contributed by atoms with van der Waals surface area (Å²) in [5.74, 6) is 0.858. The van der Waals surface area contributed by atoms with Gasteiger partial charge in [0.2, 0.25) is 0 Å². The molecule has 0 bridgehead atoms. The molecule has 2 rings (SSSR count). The van der Waals surface area contributed by atoms with E-state index in [1.165, 1.54) is 11.6 Å². The Morgan fingerprint density at radius 1 is 1.14 bits per heavy atom. The van der Waals surface area contributed by atoms with Crippen LogP contribution in [0.5, 0.6) is 5.75 Å². The summed E-state index contributed by atoms with van der Waals surface area (Å²) in [7, 11) is 0. The molecule has 0 saturated heterocycles. The van der Waals surface area contributed by atoms with Crippen LogP contribution in [0.4, 0.5) is 0 Å². The minimum Gasteiger partial charge on any atom is -0.487 e. The fourth-order valence-electron chi connectivity index (χ4n) is 1.97. The van der Waals surface area contributed by atoms with Gasteiger partial charge in [-0.3, -0.25) is 4.79 Å². The van der Waals surface area contributed by atoms with E-state index in [9.17, 15) is 4.79 Å². The molecule has 21 heavy (non-hydrogen) atoms. The Labute approximate surface area is 134 Å². The van der Waals surface area contributed by atoms with Gasteiger partial charge in [-0.2, -0.15) is 0 Å². The van der Waals surface area contributed by atoms with Crippen molar-refractivity contribution in [1.82, 2.24) is 0 Å². The zero-order valence-corrected chi connectivity index (χ0v) is 13.4. The van der Waals surface area contributed by atoms with E-state index in [1.807, 2.05) is 12.1 Å². The molecule has 4 heteroatoms. The summed E-state index contributed by atoms with van der Waals surface area (Å²) in [6.07, 6.45) is 0.689. The zero-order chi connectivity index (χ0) is 15.4. The highest BCUT2D eigenvalue weighted by atomic mass is 35.5. The Kier molecular flexibility index (Phi) is 5.27. The van der Waals surface area contributed by atoms with E-state index >= 15 is 0 Å². The van der Waals surface area contributed by atoms with Crippen LogP contribution in [-0.2, 0) is 6.61 Å². The number of carbonyl (C=O) groups is 1. The third-order valence-corrected chi connectivity index (χ3v) is 3.69. The highest BCUT2D eigenvalue weighted by Crippen LogP contribution is 2.32. The lowest BCUT2D eigenvalue weighted by Crippen LogP contribution is -1.99. The highest BCUT2D eigenvalue weighted by molar-refractivity contribution is 6.36. The number of aldehydes is 1. The maximum Gasteiger partial charge on any atom is 0.153 e. The van der Waals surface area contributed by atoms with Crippen LogP contribution in [0, 0.1) is 0 Å². The van der Waals surface area contributed by atoms with E-state index in [0.717, 1.165) is 5.56 Å². The second-order valence-electron chi connectivity index (χ2n) is 5.11. The molecule has 0 aromatic heterocycles. The van der Waals surface area contributed by atoms with Gasteiger partial charge in [0, 0.05) is 5.02 Å². The Bertz CT molecular complexity index is 634. The first kappa shape index (κ1) is 15.9. The van der Waals surface area contributed by atoms with Crippen molar-refractivity contribution in [3.8, 4) is 5.75 Å². The van der Waals surface area contributed by atoms with Gasteiger partial charge < -0.3 is 4.74 Å². The van der Waals surface area contributed by atoms with Crippen molar-refractivity contribution < 1.29 is 9.53 Å². The molecule has 0 aliphatic rings. The molecule has 0 heterocycles. The Hall–Kier alpha value is -1.51. The first-order chi connectivity index (χ1) is 10.0. The van der Waals surface area contributed by atoms with E-state index in [2.05, 4.69) is 26.0 Å².